The number of nitriles is 1. The molecule has 0 spiro atoms. The lowest BCUT2D eigenvalue weighted by molar-refractivity contribution is -0.696. The van der Waals surface area contributed by atoms with Crippen LogP contribution in [0.4, 0.5) is 22.0 Å². The van der Waals surface area contributed by atoms with E-state index in [0.29, 0.717) is 56.9 Å². The van der Waals surface area contributed by atoms with Crippen molar-refractivity contribution in [3.05, 3.63) is 117 Å². The molecule has 2 aromatic heterocycles. The number of benzene rings is 3. The molecule has 0 amide bonds. The zero-order chi connectivity index (χ0) is 39.2. The topological polar surface area (TPSA) is 134 Å². The number of hydrogen-bond donors (Lipinski definition) is 2. The summed E-state index contributed by atoms with van der Waals surface area (Å²) in [4.78, 5) is 29.8. The van der Waals surface area contributed by atoms with Crippen molar-refractivity contribution < 1.29 is 45.6 Å². The van der Waals surface area contributed by atoms with Gasteiger partial charge in [0.15, 0.2) is 5.60 Å². The third-order valence-corrected chi connectivity index (χ3v) is 9.58. The van der Waals surface area contributed by atoms with Gasteiger partial charge in [0.1, 0.15) is 23.4 Å². The number of aromatic nitrogens is 4. The first-order valence-electron chi connectivity index (χ1n) is 16.8. The average Bonchev–Trinajstić information content (AvgIpc) is 3.78. The summed E-state index contributed by atoms with van der Waals surface area (Å²) in [5, 5.41) is 21.1. The van der Waals surface area contributed by atoms with Crippen LogP contribution in [-0.2, 0) is 39.3 Å². The molecule has 16 heteroatoms. The van der Waals surface area contributed by atoms with Gasteiger partial charge in [-0.2, -0.15) is 18.4 Å². The summed E-state index contributed by atoms with van der Waals surface area (Å²) in [6.07, 6.45) is -5.04. The zero-order valence-corrected chi connectivity index (χ0v) is 30.5. The predicted octanol–water partition coefficient (Wildman–Crippen LogP) is 6.72. The van der Waals surface area contributed by atoms with E-state index >= 15 is 4.39 Å². The summed E-state index contributed by atoms with van der Waals surface area (Å²) >= 11 is 1.19. The highest BCUT2D eigenvalue weighted by atomic mass is 32.1. The molecule has 5 aromatic rings. The molecule has 54 heavy (non-hydrogen) atoms. The molecular formula is C38H36F5N6O4S+. The third kappa shape index (κ3) is 9.33. The van der Waals surface area contributed by atoms with Crippen LogP contribution in [-0.4, -0.2) is 45.9 Å². The Hall–Kier alpha value is -5.53. The Morgan fingerprint density at radius 3 is 2.41 bits per heavy atom. The first-order valence-corrected chi connectivity index (χ1v) is 17.7. The highest BCUT2D eigenvalue weighted by Crippen LogP contribution is 2.39. The van der Waals surface area contributed by atoms with Crippen molar-refractivity contribution in [3.8, 4) is 23.1 Å². The summed E-state index contributed by atoms with van der Waals surface area (Å²) in [5.74, 6) is -4.66. The molecule has 0 radical (unpaired) electrons. The standard InChI is InChI=1S/C38H35F5N6O4S/c1-5-45-24(4)35(50)52-34-22(2)14-26(15-23(34)3)19-49-21-46-48-32(49)17-37(53-36(51)38(41,42)43,29-11-10-28(39)16-30(29)40)13-12-33-47-31(20-54-33)27-8-6-25(18-44)7-9-27/h6-11,14-16,20-21,24,45H,5,12-13,17,19H2,1-4H3/p+1. The molecule has 0 saturated heterocycles. The zero-order valence-electron chi connectivity index (χ0n) is 29.7. The van der Waals surface area contributed by atoms with Gasteiger partial charge in [-0.15, -0.1) is 16.4 Å². The number of halogens is 5. The van der Waals surface area contributed by atoms with Gasteiger partial charge in [-0.25, -0.2) is 27.9 Å². The number of ether oxygens (including phenoxy) is 2. The maximum absolute atomic E-state index is 15.7. The summed E-state index contributed by atoms with van der Waals surface area (Å²) in [6.45, 7) is 7.79. The van der Waals surface area contributed by atoms with Crippen molar-refractivity contribution >= 4 is 23.3 Å². The van der Waals surface area contributed by atoms with Crippen molar-refractivity contribution in [3.63, 3.8) is 0 Å². The number of alkyl halides is 3. The Bertz CT molecular complexity index is 2160. The van der Waals surface area contributed by atoms with Crippen LogP contribution in [0.3, 0.4) is 0 Å². The van der Waals surface area contributed by atoms with Crippen molar-refractivity contribution in [1.82, 2.24) is 20.5 Å². The second-order valence-electron chi connectivity index (χ2n) is 12.7. The maximum Gasteiger partial charge on any atom is 0.490 e. The molecule has 0 aliphatic heterocycles. The van der Waals surface area contributed by atoms with Crippen molar-refractivity contribution in [1.29, 1.82) is 5.26 Å². The second kappa shape index (κ2) is 16.6. The number of esters is 2. The lowest BCUT2D eigenvalue weighted by Gasteiger charge is -2.33. The normalized spacial score (nSPS) is 13.2. The first-order chi connectivity index (χ1) is 25.6. The minimum Gasteiger partial charge on any atom is -0.447 e. The lowest BCUT2D eigenvalue weighted by atomic mass is 9.84. The van der Waals surface area contributed by atoms with Gasteiger partial charge in [-0.1, -0.05) is 19.1 Å². The quantitative estimate of drug-likeness (QED) is 0.0551. The second-order valence-corrected chi connectivity index (χ2v) is 13.6. The Balaban J connectivity index is 1.50. The van der Waals surface area contributed by atoms with Gasteiger partial charge in [-0.05, 0) is 86.8 Å². The monoisotopic (exact) mass is 767 g/mol. The van der Waals surface area contributed by atoms with Crippen molar-refractivity contribution in [2.24, 2.45) is 0 Å². The fraction of sp³-hybridized carbons (Fsp3) is 0.316. The van der Waals surface area contributed by atoms with E-state index in [4.69, 9.17) is 14.7 Å². The Morgan fingerprint density at radius 1 is 1.07 bits per heavy atom. The molecule has 282 valence electrons. The summed E-state index contributed by atoms with van der Waals surface area (Å²) in [5.41, 5.74) is 0.880. The van der Waals surface area contributed by atoms with Crippen molar-refractivity contribution in [2.75, 3.05) is 6.54 Å². The lowest BCUT2D eigenvalue weighted by Crippen LogP contribution is -2.45. The summed E-state index contributed by atoms with van der Waals surface area (Å²) in [7, 11) is 0. The highest BCUT2D eigenvalue weighted by molar-refractivity contribution is 7.09. The number of nitrogens with one attached hydrogen (secondary N) is 2. The first kappa shape index (κ1) is 39.7. The van der Waals surface area contributed by atoms with E-state index in [9.17, 15) is 27.2 Å². The van der Waals surface area contributed by atoms with Crippen LogP contribution in [0.25, 0.3) is 11.3 Å². The fourth-order valence-corrected chi connectivity index (χ4v) is 6.87. The number of likely N-dealkylation sites (N-methyl/N-ethyl adjacent to an activating group) is 1. The molecule has 0 fully saturated rings. The number of hydrogen-bond acceptors (Lipinski definition) is 9. The highest BCUT2D eigenvalue weighted by Gasteiger charge is 2.49. The summed E-state index contributed by atoms with van der Waals surface area (Å²) < 4.78 is 83.9. The average molecular weight is 768 g/mol. The number of aryl methyl sites for hydroxylation is 3. The van der Waals surface area contributed by atoms with Crippen molar-refractivity contribution in [2.45, 2.75) is 71.3 Å². The van der Waals surface area contributed by atoms with E-state index < -0.39 is 53.4 Å². The molecule has 0 aliphatic carbocycles. The number of aromatic amines is 1. The molecule has 2 atom stereocenters. The van der Waals surface area contributed by atoms with Crippen LogP contribution in [0, 0.1) is 36.8 Å². The third-order valence-electron chi connectivity index (χ3n) is 8.68. The molecule has 0 bridgehead atoms. The number of carbonyl (C=O) groups is 2. The SMILES string of the molecule is CCNC(C)C(=O)Oc1c(C)cc(C[n+]2cn[nH]c2CC(CCc2nc(-c3ccc(C#N)cc3)cs2)(OC(=O)C(F)(F)F)c2ccc(F)cc2F)cc1C. The number of thiazole rings is 1. The molecule has 3 aromatic carbocycles. The van der Waals surface area contributed by atoms with Gasteiger partial charge in [0, 0.05) is 34.1 Å². The van der Waals surface area contributed by atoms with E-state index in [1.54, 1.807) is 67.1 Å². The van der Waals surface area contributed by atoms with Gasteiger partial charge in [0.2, 0.25) is 5.82 Å². The Labute approximate surface area is 311 Å². The predicted molar refractivity (Wildman–Crippen MR) is 187 cm³/mol. The molecule has 5 rings (SSSR count). The van der Waals surface area contributed by atoms with E-state index in [-0.39, 0.29) is 25.2 Å². The molecular weight excluding hydrogens is 732 g/mol. The minimum atomic E-state index is -5.44. The van der Waals surface area contributed by atoms with Gasteiger partial charge in [0.05, 0.1) is 35.3 Å². The smallest absolute Gasteiger partial charge is 0.447 e. The van der Waals surface area contributed by atoms with E-state index in [1.807, 2.05) is 13.0 Å². The molecule has 0 aliphatic rings. The summed E-state index contributed by atoms with van der Waals surface area (Å²) in [6, 6.07) is 14.0. The number of carbonyl (C=O) groups excluding carboxylic acids is 2. The molecule has 2 heterocycles. The molecule has 2 N–H and O–H groups in total. The minimum absolute atomic E-state index is 0.0675. The van der Waals surface area contributed by atoms with Gasteiger partial charge < -0.3 is 14.8 Å². The van der Waals surface area contributed by atoms with Crippen LogP contribution in [0.15, 0.2) is 66.3 Å². The van der Waals surface area contributed by atoms with Crippen LogP contribution >= 0.6 is 11.3 Å². The van der Waals surface area contributed by atoms with Gasteiger partial charge in [0.25, 0.3) is 6.33 Å². The van der Waals surface area contributed by atoms with Crippen LogP contribution in [0.2, 0.25) is 0 Å². The number of H-pyrrole nitrogens is 1. The fourth-order valence-electron chi connectivity index (χ4n) is 6.06. The van der Waals surface area contributed by atoms with Crippen LogP contribution < -0.4 is 14.6 Å². The number of rotatable bonds is 14. The molecule has 10 nitrogen and oxygen atoms in total. The Kier molecular flexibility index (Phi) is 12.2. The number of nitrogens with zero attached hydrogens (tertiary/aromatic N) is 4. The van der Waals surface area contributed by atoms with Gasteiger partial charge in [-0.3, -0.25) is 0 Å². The van der Waals surface area contributed by atoms with E-state index in [2.05, 4.69) is 20.5 Å². The Morgan fingerprint density at radius 2 is 1.78 bits per heavy atom. The van der Waals surface area contributed by atoms with E-state index in [1.165, 1.54) is 17.7 Å². The molecule has 0 saturated carbocycles. The van der Waals surface area contributed by atoms with Crippen LogP contribution in [0.5, 0.6) is 5.75 Å². The van der Waals surface area contributed by atoms with Crippen LogP contribution in [0.1, 0.15) is 58.9 Å². The van der Waals surface area contributed by atoms with E-state index in [0.717, 1.165) is 12.1 Å². The molecule has 2 unspecified atom stereocenters. The maximum atomic E-state index is 15.7. The largest absolute Gasteiger partial charge is 0.490 e. The van der Waals surface area contributed by atoms with Gasteiger partial charge >= 0.3 is 18.1 Å².